The van der Waals surface area contributed by atoms with Crippen molar-refractivity contribution in [3.8, 4) is 0 Å². The first-order valence-corrected chi connectivity index (χ1v) is 19.3. The average Bonchev–Trinajstić information content (AvgIpc) is 3.05. The summed E-state index contributed by atoms with van der Waals surface area (Å²) in [6.07, 6.45) is 8.53. The van der Waals surface area contributed by atoms with Gasteiger partial charge in [-0.25, -0.2) is 4.79 Å². The fraction of sp³-hybridized carbons (Fsp3) is 0.721. The van der Waals surface area contributed by atoms with E-state index < -0.39 is 23.8 Å². The molecule has 0 spiro atoms. The Bertz CT molecular complexity index is 1580. The van der Waals surface area contributed by atoms with Gasteiger partial charge in [-0.3, -0.25) is 14.4 Å². The molecule has 4 saturated carbocycles. The number of allylic oxidation sites excluding steroid dienone is 2. The van der Waals surface area contributed by atoms with Crippen LogP contribution in [0.5, 0.6) is 0 Å². The van der Waals surface area contributed by atoms with E-state index in [9.17, 15) is 19.2 Å². The summed E-state index contributed by atoms with van der Waals surface area (Å²) in [5.74, 6) is -0.566. The summed E-state index contributed by atoms with van der Waals surface area (Å²) in [6.45, 7) is 19.1. The van der Waals surface area contributed by atoms with Crippen LogP contribution >= 0.6 is 0 Å². The van der Waals surface area contributed by atoms with Crippen LogP contribution in [-0.4, -0.2) is 36.8 Å². The Hall–Kier alpha value is -3.16. The lowest BCUT2D eigenvalue weighted by Crippen LogP contribution is -2.66. The first-order chi connectivity index (χ1) is 23.8. The van der Waals surface area contributed by atoms with E-state index in [1.54, 1.807) is 13.8 Å². The van der Waals surface area contributed by atoms with E-state index in [2.05, 4.69) is 48.5 Å². The van der Waals surface area contributed by atoms with Crippen LogP contribution in [0.3, 0.4) is 0 Å². The molecular formula is C43H60O8. The number of hydrogen-bond acceptors (Lipinski definition) is 8. The third-order valence-corrected chi connectivity index (χ3v) is 15.3. The minimum absolute atomic E-state index is 0.0325. The molecule has 1 aromatic carbocycles. The zero-order valence-electron chi connectivity index (χ0n) is 32.4. The first kappa shape index (κ1) is 37.6. The number of rotatable bonds is 7. The maximum Gasteiger partial charge on any atom is 0.511 e. The van der Waals surface area contributed by atoms with Crippen LogP contribution in [0, 0.1) is 56.2 Å². The lowest BCUT2D eigenvalue weighted by atomic mass is 9.33. The number of carbonyl (C=O) groups is 4. The number of benzene rings is 1. The molecule has 1 aromatic rings. The third-order valence-electron chi connectivity index (χ3n) is 15.3. The molecular weight excluding hydrogens is 644 g/mol. The molecule has 0 saturated heterocycles. The van der Waals surface area contributed by atoms with Crippen molar-refractivity contribution in [3.05, 3.63) is 47.5 Å². The number of esters is 2. The van der Waals surface area contributed by atoms with Gasteiger partial charge in [0.05, 0.1) is 17.4 Å². The van der Waals surface area contributed by atoms with Crippen LogP contribution in [0.4, 0.5) is 4.79 Å². The summed E-state index contributed by atoms with van der Waals surface area (Å²) in [5, 5.41) is 0. The molecule has 8 nitrogen and oxygen atoms in total. The number of carbonyl (C=O) groups excluding carboxylic acids is 4. The van der Waals surface area contributed by atoms with Gasteiger partial charge in [0.15, 0.2) is 5.78 Å². The topological polar surface area (TPSA) is 105 Å². The summed E-state index contributed by atoms with van der Waals surface area (Å²) >= 11 is 0. The maximum atomic E-state index is 14.8. The van der Waals surface area contributed by atoms with Crippen LogP contribution in [0.15, 0.2) is 42.0 Å². The molecule has 0 aromatic heterocycles. The average molecular weight is 705 g/mol. The molecule has 6 rings (SSSR count). The highest BCUT2D eigenvalue weighted by atomic mass is 16.8. The predicted octanol–water partition coefficient (Wildman–Crippen LogP) is 9.39. The summed E-state index contributed by atoms with van der Waals surface area (Å²) in [4.78, 5) is 53.9. The molecule has 0 N–H and O–H groups in total. The van der Waals surface area contributed by atoms with E-state index in [4.69, 9.17) is 18.9 Å². The molecule has 5 aliphatic carbocycles. The molecule has 0 unspecified atom stereocenters. The molecule has 0 aliphatic heterocycles. The molecule has 280 valence electrons. The Kier molecular flexibility index (Phi) is 9.62. The van der Waals surface area contributed by atoms with E-state index in [0.717, 1.165) is 50.5 Å². The highest BCUT2D eigenvalue weighted by Crippen LogP contribution is 2.75. The van der Waals surface area contributed by atoms with Crippen LogP contribution in [0.25, 0.3) is 0 Å². The van der Waals surface area contributed by atoms with Crippen LogP contribution < -0.4 is 0 Å². The van der Waals surface area contributed by atoms with Crippen LogP contribution in [-0.2, 0) is 39.9 Å². The van der Waals surface area contributed by atoms with Crippen LogP contribution in [0.2, 0.25) is 0 Å². The zero-order chi connectivity index (χ0) is 37.2. The second-order valence-corrected chi connectivity index (χ2v) is 18.9. The minimum atomic E-state index is -0.861. The van der Waals surface area contributed by atoms with Gasteiger partial charge in [-0.1, -0.05) is 77.4 Å². The summed E-state index contributed by atoms with van der Waals surface area (Å²) in [6, 6.07) is 9.84. The molecule has 0 bridgehead atoms. The fourth-order valence-electron chi connectivity index (χ4n) is 12.2. The Morgan fingerprint density at radius 1 is 0.824 bits per heavy atom. The molecule has 0 amide bonds. The standard InChI is InChI=1S/C43H60O8/c1-27(2)51-37(47)50-26-49-35(45)29-15-17-41(7)33(38(29,3)4)16-18-43(9)34(41)32(44)23-30-31-24-40(6,20-19-39(31,5)21-22-42(30,43)8)36(46)48-25-28-13-11-10-12-14-28/h10-14,23,27,29,31,33-34H,15-22,24-26H2,1-9H3/t29-,31+,33+,34-,39-,40+,41+,42-,43-/m1/s1. The highest BCUT2D eigenvalue weighted by Gasteiger charge is 2.70. The van der Waals surface area contributed by atoms with Crippen molar-refractivity contribution < 1.29 is 38.1 Å². The van der Waals surface area contributed by atoms with Gasteiger partial charge in [-0.05, 0) is 129 Å². The van der Waals surface area contributed by atoms with Crippen molar-refractivity contribution in [1.29, 1.82) is 0 Å². The first-order valence-electron chi connectivity index (χ1n) is 19.3. The monoisotopic (exact) mass is 704 g/mol. The lowest BCUT2D eigenvalue weighted by Gasteiger charge is -2.70. The van der Waals surface area contributed by atoms with Gasteiger partial charge >= 0.3 is 18.1 Å². The Morgan fingerprint density at radius 2 is 1.51 bits per heavy atom. The summed E-state index contributed by atoms with van der Waals surface area (Å²) in [7, 11) is 0. The van der Waals surface area contributed by atoms with Gasteiger partial charge in [-0.2, -0.15) is 0 Å². The molecule has 4 fully saturated rings. The number of ether oxygens (including phenoxy) is 4. The zero-order valence-corrected chi connectivity index (χ0v) is 32.4. The van der Waals surface area contributed by atoms with Gasteiger partial charge in [0.2, 0.25) is 6.79 Å². The molecule has 51 heavy (non-hydrogen) atoms. The van der Waals surface area contributed by atoms with Crippen molar-refractivity contribution in [2.24, 2.45) is 56.2 Å². The van der Waals surface area contributed by atoms with Crippen molar-refractivity contribution in [2.75, 3.05) is 6.79 Å². The van der Waals surface area contributed by atoms with Gasteiger partial charge < -0.3 is 18.9 Å². The van der Waals surface area contributed by atoms with Crippen molar-refractivity contribution in [3.63, 3.8) is 0 Å². The summed E-state index contributed by atoms with van der Waals surface area (Å²) in [5.41, 5.74) is 0.506. The lowest BCUT2D eigenvalue weighted by molar-refractivity contribution is -0.202. The van der Waals surface area contributed by atoms with Gasteiger partial charge in [0.25, 0.3) is 0 Å². The number of hydrogen-bond donors (Lipinski definition) is 0. The van der Waals surface area contributed by atoms with Crippen molar-refractivity contribution >= 4 is 23.9 Å². The fourth-order valence-corrected chi connectivity index (χ4v) is 12.2. The second-order valence-electron chi connectivity index (χ2n) is 18.9. The SMILES string of the molecule is CC(C)OC(=O)OCOC(=O)[C@H]1CC[C@]2(C)[C@H]3C(=O)C=C4[C@@H]5C[C@@](C)(C(=O)OCc6ccccc6)CC[C@]5(C)CC[C@@]4(C)[C@]3(C)CC[C@H]2C1(C)C. The van der Waals surface area contributed by atoms with E-state index >= 15 is 0 Å². The van der Waals surface area contributed by atoms with E-state index in [1.165, 1.54) is 5.57 Å². The largest absolute Gasteiger partial charge is 0.511 e. The number of fused-ring (bicyclic) bond motifs is 7. The van der Waals surface area contributed by atoms with Gasteiger partial charge in [0, 0.05) is 5.92 Å². The minimum Gasteiger partial charge on any atom is -0.460 e. The smallest absolute Gasteiger partial charge is 0.460 e. The third kappa shape index (κ3) is 6.14. The molecule has 0 heterocycles. The maximum absolute atomic E-state index is 14.8. The van der Waals surface area contributed by atoms with Crippen LogP contribution in [0.1, 0.15) is 126 Å². The normalized spacial score (nSPS) is 39.6. The Morgan fingerprint density at radius 3 is 2.20 bits per heavy atom. The molecule has 5 aliphatic rings. The Labute approximate surface area is 304 Å². The Balaban J connectivity index is 1.23. The molecule has 0 radical (unpaired) electrons. The van der Waals surface area contributed by atoms with E-state index in [-0.39, 0.29) is 75.8 Å². The highest BCUT2D eigenvalue weighted by molar-refractivity contribution is 5.96. The second kappa shape index (κ2) is 13.1. The van der Waals surface area contributed by atoms with Gasteiger partial charge in [0.1, 0.15) is 6.61 Å². The van der Waals surface area contributed by atoms with Crippen molar-refractivity contribution in [1.82, 2.24) is 0 Å². The molecule has 9 atom stereocenters. The molecule has 8 heteroatoms. The van der Waals surface area contributed by atoms with E-state index in [0.29, 0.717) is 12.8 Å². The summed E-state index contributed by atoms with van der Waals surface area (Å²) < 4.78 is 21.4. The quantitative estimate of drug-likeness (QED) is 0.157. The van der Waals surface area contributed by atoms with E-state index in [1.807, 2.05) is 36.4 Å². The predicted molar refractivity (Wildman–Crippen MR) is 193 cm³/mol. The van der Waals surface area contributed by atoms with Gasteiger partial charge in [-0.15, -0.1) is 0 Å². The number of ketones is 1. The van der Waals surface area contributed by atoms with Crippen molar-refractivity contribution in [2.45, 2.75) is 133 Å².